The fraction of sp³-hybridized carbons (Fsp3) is 0. The van der Waals surface area contributed by atoms with Crippen molar-refractivity contribution in [2.24, 2.45) is 0 Å². The summed E-state index contributed by atoms with van der Waals surface area (Å²) in [5, 5.41) is 4.84. The van der Waals surface area contributed by atoms with Gasteiger partial charge in [-0.3, -0.25) is 0 Å². The Morgan fingerprint density at radius 3 is 1.19 bits per heavy atom. The van der Waals surface area contributed by atoms with Gasteiger partial charge in [-0.15, -0.1) is 0 Å². The standard InChI is InChI=1S/C48H33N3O/c1-4-14-34(15-5-1)50-45-22-12-10-20-41(45)43-32-37(26-30-47(43)50)49(36-24-28-40(29-25-36)52-39-18-8-3-9-19-39)38-27-31-48-44(33-38)42-21-11-13-23-46(42)51(48)35-16-6-2-7-17-35/h1-33H. The van der Waals surface area contributed by atoms with Crippen LogP contribution >= 0.6 is 0 Å². The third kappa shape index (κ3) is 5.00. The Bertz CT molecular complexity index is 2700. The summed E-state index contributed by atoms with van der Waals surface area (Å²) in [6, 6.07) is 70.6. The molecule has 10 aromatic rings. The Balaban J connectivity index is 1.17. The van der Waals surface area contributed by atoms with Gasteiger partial charge in [-0.2, -0.15) is 0 Å². The van der Waals surface area contributed by atoms with Gasteiger partial charge in [0.1, 0.15) is 11.5 Å². The first-order valence-electron chi connectivity index (χ1n) is 17.6. The number of fused-ring (bicyclic) bond motifs is 6. The van der Waals surface area contributed by atoms with Gasteiger partial charge in [0, 0.05) is 50.0 Å². The van der Waals surface area contributed by atoms with Gasteiger partial charge in [-0.05, 0) is 109 Å². The Hall–Kier alpha value is -7.04. The van der Waals surface area contributed by atoms with Gasteiger partial charge >= 0.3 is 0 Å². The van der Waals surface area contributed by atoms with E-state index in [-0.39, 0.29) is 0 Å². The van der Waals surface area contributed by atoms with Crippen molar-refractivity contribution in [3.05, 3.63) is 200 Å². The molecular formula is C48H33N3O. The number of benzene rings is 8. The van der Waals surface area contributed by atoms with Crippen LogP contribution in [0.1, 0.15) is 0 Å². The zero-order valence-corrected chi connectivity index (χ0v) is 28.3. The number of aromatic nitrogens is 2. The molecule has 2 aromatic heterocycles. The Labute approximate surface area is 301 Å². The average Bonchev–Trinajstić information content (AvgIpc) is 3.72. The van der Waals surface area contributed by atoms with Crippen LogP contribution in [-0.2, 0) is 0 Å². The van der Waals surface area contributed by atoms with Crippen molar-refractivity contribution in [2.45, 2.75) is 0 Å². The molecule has 52 heavy (non-hydrogen) atoms. The molecular weight excluding hydrogens is 635 g/mol. The van der Waals surface area contributed by atoms with Crippen molar-refractivity contribution in [2.75, 3.05) is 4.90 Å². The van der Waals surface area contributed by atoms with Crippen molar-refractivity contribution >= 4 is 60.7 Å². The SMILES string of the molecule is c1ccc(Oc2ccc(N(c3ccc4c(c3)c3ccccc3n4-c3ccccc3)c3ccc4c(c3)c3ccccc3n4-c3ccccc3)cc2)cc1. The molecule has 0 aliphatic heterocycles. The summed E-state index contributed by atoms with van der Waals surface area (Å²) in [5.74, 6) is 1.60. The van der Waals surface area contributed by atoms with E-state index >= 15 is 0 Å². The minimum absolute atomic E-state index is 0.790. The summed E-state index contributed by atoms with van der Waals surface area (Å²) in [5.41, 5.74) is 10.2. The highest BCUT2D eigenvalue weighted by Gasteiger charge is 2.20. The molecule has 0 bridgehead atoms. The molecule has 0 saturated carbocycles. The molecule has 0 aliphatic carbocycles. The number of hydrogen-bond acceptors (Lipinski definition) is 2. The molecule has 2 heterocycles. The van der Waals surface area contributed by atoms with Crippen LogP contribution in [-0.4, -0.2) is 9.13 Å². The molecule has 4 heteroatoms. The van der Waals surface area contributed by atoms with Crippen molar-refractivity contribution in [1.29, 1.82) is 0 Å². The second-order valence-electron chi connectivity index (χ2n) is 13.0. The van der Waals surface area contributed by atoms with Crippen LogP contribution in [0, 0.1) is 0 Å². The monoisotopic (exact) mass is 667 g/mol. The molecule has 0 spiro atoms. The number of nitrogens with zero attached hydrogens (tertiary/aromatic N) is 3. The van der Waals surface area contributed by atoms with Gasteiger partial charge in [0.2, 0.25) is 0 Å². The van der Waals surface area contributed by atoms with Gasteiger partial charge in [0.15, 0.2) is 0 Å². The van der Waals surface area contributed by atoms with E-state index in [0.717, 1.165) is 39.9 Å². The lowest BCUT2D eigenvalue weighted by atomic mass is 10.1. The number of rotatable bonds is 7. The van der Waals surface area contributed by atoms with E-state index in [1.807, 2.05) is 30.3 Å². The predicted molar refractivity (Wildman–Crippen MR) is 216 cm³/mol. The maximum absolute atomic E-state index is 6.20. The fourth-order valence-electron chi connectivity index (χ4n) is 7.65. The van der Waals surface area contributed by atoms with Crippen molar-refractivity contribution in [3.63, 3.8) is 0 Å². The largest absolute Gasteiger partial charge is 0.457 e. The van der Waals surface area contributed by atoms with E-state index in [0.29, 0.717) is 0 Å². The number of para-hydroxylation sites is 5. The van der Waals surface area contributed by atoms with E-state index < -0.39 is 0 Å². The Morgan fingerprint density at radius 2 is 0.692 bits per heavy atom. The number of ether oxygens (including phenoxy) is 1. The van der Waals surface area contributed by atoms with Crippen molar-refractivity contribution < 1.29 is 4.74 Å². The molecule has 0 saturated heterocycles. The quantitative estimate of drug-likeness (QED) is 0.169. The zero-order valence-electron chi connectivity index (χ0n) is 28.3. The van der Waals surface area contributed by atoms with Crippen LogP contribution in [0.2, 0.25) is 0 Å². The molecule has 4 nitrogen and oxygen atoms in total. The molecule has 0 unspecified atom stereocenters. The molecule has 0 aliphatic rings. The number of anilines is 3. The number of hydrogen-bond donors (Lipinski definition) is 0. The lowest BCUT2D eigenvalue weighted by Gasteiger charge is -2.26. The molecule has 246 valence electrons. The van der Waals surface area contributed by atoms with E-state index in [1.165, 1.54) is 43.6 Å². The Kier molecular flexibility index (Phi) is 7.10. The summed E-state index contributed by atoms with van der Waals surface area (Å²) in [6.07, 6.45) is 0. The van der Waals surface area contributed by atoms with Gasteiger partial charge in [-0.25, -0.2) is 0 Å². The maximum Gasteiger partial charge on any atom is 0.127 e. The van der Waals surface area contributed by atoms with E-state index in [9.17, 15) is 0 Å². The van der Waals surface area contributed by atoms with Gasteiger partial charge in [0.25, 0.3) is 0 Å². The molecule has 0 N–H and O–H groups in total. The van der Waals surface area contributed by atoms with Crippen LogP contribution in [0.4, 0.5) is 17.1 Å². The fourth-order valence-corrected chi connectivity index (χ4v) is 7.65. The lowest BCUT2D eigenvalue weighted by Crippen LogP contribution is -2.10. The van der Waals surface area contributed by atoms with Gasteiger partial charge in [-0.1, -0.05) is 91.0 Å². The third-order valence-electron chi connectivity index (χ3n) is 9.93. The van der Waals surface area contributed by atoms with Gasteiger partial charge in [0.05, 0.1) is 22.1 Å². The van der Waals surface area contributed by atoms with Crippen molar-refractivity contribution in [1.82, 2.24) is 9.13 Å². The van der Waals surface area contributed by atoms with Crippen LogP contribution in [0.15, 0.2) is 200 Å². The highest BCUT2D eigenvalue weighted by atomic mass is 16.5. The molecule has 0 amide bonds. The van der Waals surface area contributed by atoms with E-state index in [2.05, 4.69) is 184 Å². The summed E-state index contributed by atoms with van der Waals surface area (Å²) >= 11 is 0. The van der Waals surface area contributed by atoms with Crippen LogP contribution < -0.4 is 9.64 Å². The third-order valence-corrected chi connectivity index (χ3v) is 9.93. The highest BCUT2D eigenvalue weighted by molar-refractivity contribution is 6.12. The second kappa shape index (κ2) is 12.4. The smallest absolute Gasteiger partial charge is 0.127 e. The summed E-state index contributed by atoms with van der Waals surface area (Å²) in [6.45, 7) is 0. The zero-order chi connectivity index (χ0) is 34.4. The summed E-state index contributed by atoms with van der Waals surface area (Å²) in [7, 11) is 0. The maximum atomic E-state index is 6.20. The average molecular weight is 668 g/mol. The molecule has 10 rings (SSSR count). The molecule has 0 radical (unpaired) electrons. The van der Waals surface area contributed by atoms with Crippen LogP contribution in [0.25, 0.3) is 55.0 Å². The molecule has 0 fully saturated rings. The second-order valence-corrected chi connectivity index (χ2v) is 13.0. The normalized spacial score (nSPS) is 11.5. The Morgan fingerprint density at radius 1 is 0.308 bits per heavy atom. The predicted octanol–water partition coefficient (Wildman–Crippen LogP) is 13.1. The summed E-state index contributed by atoms with van der Waals surface area (Å²) < 4.78 is 10.9. The van der Waals surface area contributed by atoms with E-state index in [1.54, 1.807) is 0 Å². The first-order valence-corrected chi connectivity index (χ1v) is 17.6. The van der Waals surface area contributed by atoms with Gasteiger partial charge < -0.3 is 18.8 Å². The molecule has 0 atom stereocenters. The molecule has 8 aromatic carbocycles. The van der Waals surface area contributed by atoms with Crippen LogP contribution in [0.5, 0.6) is 11.5 Å². The highest BCUT2D eigenvalue weighted by Crippen LogP contribution is 2.42. The minimum Gasteiger partial charge on any atom is -0.457 e. The van der Waals surface area contributed by atoms with Crippen LogP contribution in [0.3, 0.4) is 0 Å². The summed E-state index contributed by atoms with van der Waals surface area (Å²) in [4.78, 5) is 2.36. The lowest BCUT2D eigenvalue weighted by molar-refractivity contribution is 0.483. The van der Waals surface area contributed by atoms with E-state index in [4.69, 9.17) is 4.74 Å². The minimum atomic E-state index is 0.790. The van der Waals surface area contributed by atoms with Crippen molar-refractivity contribution in [3.8, 4) is 22.9 Å². The first-order chi connectivity index (χ1) is 25.8. The first kappa shape index (κ1) is 29.8. The topological polar surface area (TPSA) is 22.3 Å².